The first-order valence-electron chi connectivity index (χ1n) is 9.27. The highest BCUT2D eigenvalue weighted by Crippen LogP contribution is 2.41. The second kappa shape index (κ2) is 7.02. The van der Waals surface area contributed by atoms with E-state index in [1.54, 1.807) is 18.2 Å². The first kappa shape index (κ1) is 18.1. The minimum Gasteiger partial charge on any atom is -0.350 e. The summed E-state index contributed by atoms with van der Waals surface area (Å²) in [5, 5.41) is 6.74. The van der Waals surface area contributed by atoms with E-state index in [0.717, 1.165) is 12.5 Å². The molecule has 1 aliphatic carbocycles. The summed E-state index contributed by atoms with van der Waals surface area (Å²) in [6.45, 7) is 2.07. The zero-order chi connectivity index (χ0) is 18.3. The van der Waals surface area contributed by atoms with Crippen molar-refractivity contribution in [1.29, 1.82) is 0 Å². The average molecular weight is 398 g/mol. The summed E-state index contributed by atoms with van der Waals surface area (Å²) >= 11 is 6.28. The van der Waals surface area contributed by atoms with Crippen LogP contribution < -0.4 is 14.9 Å². The molecule has 2 heterocycles. The van der Waals surface area contributed by atoms with E-state index in [1.807, 2.05) is 0 Å². The van der Waals surface area contributed by atoms with Crippen molar-refractivity contribution < 1.29 is 13.2 Å². The van der Waals surface area contributed by atoms with Gasteiger partial charge in [-0.05, 0) is 62.3 Å². The van der Waals surface area contributed by atoms with E-state index in [1.165, 1.54) is 23.6 Å². The molecule has 2 saturated heterocycles. The number of hydrogen-bond acceptors (Lipinski definition) is 4. The third kappa shape index (κ3) is 3.57. The van der Waals surface area contributed by atoms with E-state index in [2.05, 4.69) is 10.6 Å². The number of sulfonamides is 1. The molecule has 1 aromatic carbocycles. The quantitative estimate of drug-likeness (QED) is 0.796. The molecule has 8 heteroatoms. The summed E-state index contributed by atoms with van der Waals surface area (Å²) in [4.78, 5) is 12.5. The summed E-state index contributed by atoms with van der Waals surface area (Å²) in [6, 6.07) is 5.17. The van der Waals surface area contributed by atoms with Gasteiger partial charge in [-0.2, -0.15) is 0 Å². The lowest BCUT2D eigenvalue weighted by Gasteiger charge is -2.20. The molecule has 0 radical (unpaired) electrons. The van der Waals surface area contributed by atoms with Gasteiger partial charge in [-0.3, -0.25) is 9.10 Å². The lowest BCUT2D eigenvalue weighted by atomic mass is 9.95. The molecule has 1 amide bonds. The lowest BCUT2D eigenvalue weighted by molar-refractivity contribution is 0.0947. The third-order valence-electron chi connectivity index (χ3n) is 5.70. The Morgan fingerprint density at radius 1 is 1.31 bits per heavy atom. The van der Waals surface area contributed by atoms with Gasteiger partial charge in [0.2, 0.25) is 10.0 Å². The Morgan fingerprint density at radius 3 is 2.77 bits per heavy atom. The number of nitrogens with zero attached hydrogens (tertiary/aromatic N) is 1. The largest absolute Gasteiger partial charge is 0.350 e. The Balaban J connectivity index is 1.41. The van der Waals surface area contributed by atoms with Crippen molar-refractivity contribution in [3.63, 3.8) is 0 Å². The number of amides is 1. The van der Waals surface area contributed by atoms with Gasteiger partial charge in [0.05, 0.1) is 22.0 Å². The maximum Gasteiger partial charge on any atom is 0.252 e. The SMILES string of the molecule is O=C(NCC1NCCC1C1CC1)c1ccc(N2CCCS2(=O)=O)cc1Cl. The van der Waals surface area contributed by atoms with Crippen LogP contribution in [0.4, 0.5) is 5.69 Å². The second-order valence-corrected chi connectivity index (χ2v) is 9.89. The molecular weight excluding hydrogens is 374 g/mol. The number of rotatable bonds is 5. The van der Waals surface area contributed by atoms with E-state index in [4.69, 9.17) is 11.6 Å². The van der Waals surface area contributed by atoms with Crippen LogP contribution in [-0.2, 0) is 10.0 Å². The molecule has 2 atom stereocenters. The number of hydrogen-bond donors (Lipinski definition) is 2. The molecule has 3 fully saturated rings. The van der Waals surface area contributed by atoms with Gasteiger partial charge < -0.3 is 10.6 Å². The average Bonchev–Trinajstić information content (AvgIpc) is 3.23. The lowest BCUT2D eigenvalue weighted by Crippen LogP contribution is -2.41. The Bertz CT molecular complexity index is 810. The second-order valence-electron chi connectivity index (χ2n) is 7.47. The molecule has 2 aliphatic heterocycles. The minimum absolute atomic E-state index is 0.156. The molecule has 0 spiro atoms. The van der Waals surface area contributed by atoms with Crippen molar-refractivity contribution in [2.45, 2.75) is 31.7 Å². The summed E-state index contributed by atoms with van der Waals surface area (Å²) in [6.07, 6.45) is 4.41. The number of halogens is 1. The van der Waals surface area contributed by atoms with Crippen molar-refractivity contribution in [2.75, 3.05) is 29.7 Å². The zero-order valence-electron chi connectivity index (χ0n) is 14.6. The van der Waals surface area contributed by atoms with Gasteiger partial charge in [0, 0.05) is 19.1 Å². The van der Waals surface area contributed by atoms with Crippen LogP contribution in [0.25, 0.3) is 0 Å². The van der Waals surface area contributed by atoms with Crippen LogP contribution in [0.2, 0.25) is 5.02 Å². The fraction of sp³-hybridized carbons (Fsp3) is 0.611. The van der Waals surface area contributed by atoms with Crippen LogP contribution in [0.15, 0.2) is 18.2 Å². The predicted octanol–water partition coefficient (Wildman–Crippen LogP) is 2.00. The van der Waals surface area contributed by atoms with Crippen molar-refractivity contribution in [3.05, 3.63) is 28.8 Å². The number of carbonyl (C=O) groups excluding carboxylic acids is 1. The van der Waals surface area contributed by atoms with Gasteiger partial charge in [-0.1, -0.05) is 11.6 Å². The van der Waals surface area contributed by atoms with Crippen LogP contribution in [0.3, 0.4) is 0 Å². The standard InChI is InChI=1S/C18H24ClN3O3S/c19-16-10-13(22-8-1-9-26(22,24)25)4-5-15(16)18(23)21-11-17-14(6-7-20-17)12-2-3-12/h4-5,10,12,14,17,20H,1-3,6-9,11H2,(H,21,23). The van der Waals surface area contributed by atoms with E-state index in [9.17, 15) is 13.2 Å². The van der Waals surface area contributed by atoms with Gasteiger partial charge in [0.1, 0.15) is 0 Å². The molecule has 1 aromatic rings. The predicted molar refractivity (Wildman–Crippen MR) is 102 cm³/mol. The molecule has 26 heavy (non-hydrogen) atoms. The molecule has 1 saturated carbocycles. The zero-order valence-corrected chi connectivity index (χ0v) is 16.2. The third-order valence-corrected chi connectivity index (χ3v) is 7.88. The Hall–Kier alpha value is -1.31. The molecule has 4 rings (SSSR count). The molecule has 3 aliphatic rings. The molecule has 0 aromatic heterocycles. The van der Waals surface area contributed by atoms with Crippen molar-refractivity contribution >= 4 is 33.2 Å². The Kier molecular flexibility index (Phi) is 4.88. The molecule has 2 N–H and O–H groups in total. The maximum atomic E-state index is 12.5. The smallest absolute Gasteiger partial charge is 0.252 e. The van der Waals surface area contributed by atoms with Gasteiger partial charge in [0.15, 0.2) is 0 Å². The van der Waals surface area contributed by atoms with Crippen LogP contribution >= 0.6 is 11.6 Å². The molecule has 2 unspecified atom stereocenters. The number of nitrogens with one attached hydrogen (secondary N) is 2. The van der Waals surface area contributed by atoms with Gasteiger partial charge >= 0.3 is 0 Å². The molecule has 6 nitrogen and oxygen atoms in total. The summed E-state index contributed by atoms with van der Waals surface area (Å²) in [7, 11) is -3.25. The van der Waals surface area contributed by atoms with Crippen LogP contribution in [0.5, 0.6) is 0 Å². The minimum atomic E-state index is -3.25. The van der Waals surface area contributed by atoms with E-state index in [-0.39, 0.29) is 16.7 Å². The Morgan fingerprint density at radius 2 is 2.12 bits per heavy atom. The first-order chi connectivity index (χ1) is 12.5. The Labute approximate surface area is 159 Å². The normalized spacial score (nSPS) is 27.7. The highest BCUT2D eigenvalue weighted by Gasteiger charge is 2.39. The monoisotopic (exact) mass is 397 g/mol. The van der Waals surface area contributed by atoms with E-state index in [0.29, 0.717) is 42.7 Å². The van der Waals surface area contributed by atoms with Gasteiger partial charge in [0.25, 0.3) is 5.91 Å². The van der Waals surface area contributed by atoms with Crippen LogP contribution in [0, 0.1) is 11.8 Å². The maximum absolute atomic E-state index is 12.5. The van der Waals surface area contributed by atoms with E-state index < -0.39 is 10.0 Å². The first-order valence-corrected chi connectivity index (χ1v) is 11.3. The van der Waals surface area contributed by atoms with Crippen molar-refractivity contribution in [3.8, 4) is 0 Å². The number of benzene rings is 1. The molecule has 142 valence electrons. The molecular formula is C18H24ClN3O3S. The van der Waals surface area contributed by atoms with Crippen LogP contribution in [-0.4, -0.2) is 45.8 Å². The highest BCUT2D eigenvalue weighted by molar-refractivity contribution is 7.93. The van der Waals surface area contributed by atoms with Crippen molar-refractivity contribution in [1.82, 2.24) is 10.6 Å². The molecule has 0 bridgehead atoms. The van der Waals surface area contributed by atoms with E-state index >= 15 is 0 Å². The van der Waals surface area contributed by atoms with Gasteiger partial charge in [-0.15, -0.1) is 0 Å². The summed E-state index contributed by atoms with van der Waals surface area (Å²) in [5.41, 5.74) is 0.906. The fourth-order valence-electron chi connectivity index (χ4n) is 4.17. The summed E-state index contributed by atoms with van der Waals surface area (Å²) < 4.78 is 25.4. The highest BCUT2D eigenvalue weighted by atomic mass is 35.5. The number of anilines is 1. The summed E-state index contributed by atoms with van der Waals surface area (Å²) in [5.74, 6) is 1.42. The number of carbonyl (C=O) groups is 1. The topological polar surface area (TPSA) is 78.5 Å². The van der Waals surface area contributed by atoms with Crippen molar-refractivity contribution in [2.24, 2.45) is 11.8 Å². The van der Waals surface area contributed by atoms with Crippen LogP contribution in [0.1, 0.15) is 36.0 Å². The fourth-order valence-corrected chi connectivity index (χ4v) is 5.99. The van der Waals surface area contributed by atoms with Gasteiger partial charge in [-0.25, -0.2) is 8.42 Å².